The minimum absolute atomic E-state index is 0.110. The van der Waals surface area contributed by atoms with Crippen LogP contribution < -0.4 is 14.8 Å². The smallest absolute Gasteiger partial charge is 0.243 e. The second-order valence-electron chi connectivity index (χ2n) is 7.47. The summed E-state index contributed by atoms with van der Waals surface area (Å²) in [5.74, 6) is 0.858. The second kappa shape index (κ2) is 11.0. The maximum atomic E-state index is 12.9. The molecule has 0 fully saturated rings. The number of likely N-dealkylation sites (N-methyl/N-ethyl adjacent to an activating group) is 1. The Bertz CT molecular complexity index is 1180. The van der Waals surface area contributed by atoms with Crippen LogP contribution in [0.2, 0.25) is 0 Å². The van der Waals surface area contributed by atoms with Gasteiger partial charge >= 0.3 is 0 Å². The molecule has 0 spiro atoms. The highest BCUT2D eigenvalue weighted by Gasteiger charge is 2.23. The molecule has 0 bridgehead atoms. The summed E-state index contributed by atoms with van der Waals surface area (Å²) in [6.07, 6.45) is 0. The molecule has 0 aliphatic carbocycles. The van der Waals surface area contributed by atoms with Gasteiger partial charge in [0.05, 0.1) is 18.0 Å². The number of anilines is 1. The summed E-state index contributed by atoms with van der Waals surface area (Å²) < 4.78 is 37.9. The lowest BCUT2D eigenvalue weighted by Gasteiger charge is -2.18. The molecule has 0 aromatic heterocycles. The van der Waals surface area contributed by atoms with E-state index in [1.165, 1.54) is 13.1 Å². The van der Waals surface area contributed by atoms with Crippen LogP contribution in [0.3, 0.4) is 0 Å². The van der Waals surface area contributed by atoms with E-state index in [0.717, 1.165) is 9.87 Å². The van der Waals surface area contributed by atoms with E-state index in [4.69, 9.17) is 9.47 Å². The van der Waals surface area contributed by atoms with Gasteiger partial charge in [0.2, 0.25) is 15.9 Å². The Balaban J connectivity index is 1.56. The third-order valence-corrected chi connectivity index (χ3v) is 6.71. The van der Waals surface area contributed by atoms with E-state index in [0.29, 0.717) is 36.0 Å². The first kappa shape index (κ1) is 24.3. The molecule has 0 saturated heterocycles. The number of amides is 1. The number of rotatable bonds is 10. The third kappa shape index (κ3) is 6.57. The highest BCUT2D eigenvalue weighted by molar-refractivity contribution is 7.89. The largest absolute Gasteiger partial charge is 0.494 e. The van der Waals surface area contributed by atoms with Gasteiger partial charge in [-0.1, -0.05) is 30.3 Å². The normalized spacial score (nSPS) is 11.3. The number of sulfonamides is 1. The fraction of sp³-hybridized carbons (Fsp3) is 0.240. The minimum atomic E-state index is -3.82. The summed E-state index contributed by atoms with van der Waals surface area (Å²) >= 11 is 0. The summed E-state index contributed by atoms with van der Waals surface area (Å²) in [6, 6.07) is 21.4. The molecule has 1 amide bonds. The molecule has 0 saturated carbocycles. The molecule has 1 N–H and O–H groups in total. The van der Waals surface area contributed by atoms with Crippen LogP contribution in [0.15, 0.2) is 77.7 Å². The van der Waals surface area contributed by atoms with E-state index < -0.39 is 15.9 Å². The van der Waals surface area contributed by atoms with E-state index in [1.807, 2.05) is 37.3 Å². The zero-order valence-electron chi connectivity index (χ0n) is 18.9. The molecule has 174 valence electrons. The van der Waals surface area contributed by atoms with E-state index in [2.05, 4.69) is 5.32 Å². The number of aryl methyl sites for hydroxylation is 1. The molecule has 3 rings (SSSR count). The van der Waals surface area contributed by atoms with Crippen LogP contribution in [0.4, 0.5) is 5.69 Å². The van der Waals surface area contributed by atoms with Gasteiger partial charge in [0.15, 0.2) is 0 Å². The summed E-state index contributed by atoms with van der Waals surface area (Å²) in [6.45, 7) is 4.26. The highest BCUT2D eigenvalue weighted by atomic mass is 32.2. The standard InChI is InChI=1S/C25H28N2O5S/c1-4-31-24-15-14-23(16-19(24)2)33(29,30)27(3)17-25(28)26-21-10-12-22(13-11-21)32-18-20-8-6-5-7-9-20/h5-16H,4,17-18H2,1-3H3,(H,26,28). The van der Waals surface area contributed by atoms with Gasteiger partial charge in [-0.2, -0.15) is 4.31 Å². The molecule has 0 atom stereocenters. The fourth-order valence-corrected chi connectivity index (χ4v) is 4.36. The van der Waals surface area contributed by atoms with E-state index >= 15 is 0 Å². The first-order valence-electron chi connectivity index (χ1n) is 10.6. The van der Waals surface area contributed by atoms with Crippen LogP contribution in [0.1, 0.15) is 18.1 Å². The lowest BCUT2D eigenvalue weighted by Crippen LogP contribution is -2.35. The van der Waals surface area contributed by atoms with Crippen molar-refractivity contribution in [2.45, 2.75) is 25.3 Å². The van der Waals surface area contributed by atoms with Crippen LogP contribution in [-0.2, 0) is 21.4 Å². The van der Waals surface area contributed by atoms with E-state index in [-0.39, 0.29) is 11.4 Å². The molecular weight excluding hydrogens is 440 g/mol. The van der Waals surface area contributed by atoms with Gasteiger partial charge in [0.25, 0.3) is 0 Å². The van der Waals surface area contributed by atoms with E-state index in [1.54, 1.807) is 43.3 Å². The molecule has 0 aliphatic heterocycles. The molecule has 0 aliphatic rings. The third-order valence-electron chi connectivity index (χ3n) is 4.91. The van der Waals surface area contributed by atoms with Gasteiger partial charge in [-0.3, -0.25) is 4.79 Å². The van der Waals surface area contributed by atoms with Crippen molar-refractivity contribution in [1.29, 1.82) is 0 Å². The first-order chi connectivity index (χ1) is 15.8. The van der Waals surface area contributed by atoms with Crippen LogP contribution in [0.25, 0.3) is 0 Å². The Morgan fingerprint density at radius 1 is 0.970 bits per heavy atom. The Labute approximate surface area is 195 Å². The summed E-state index contributed by atoms with van der Waals surface area (Å²) in [5.41, 5.74) is 2.32. The van der Waals surface area contributed by atoms with Crippen molar-refractivity contribution in [1.82, 2.24) is 4.31 Å². The Kier molecular flexibility index (Phi) is 8.08. The second-order valence-corrected chi connectivity index (χ2v) is 9.51. The SMILES string of the molecule is CCOc1ccc(S(=O)(=O)N(C)CC(=O)Nc2ccc(OCc3ccccc3)cc2)cc1C. The minimum Gasteiger partial charge on any atom is -0.494 e. The Morgan fingerprint density at radius 2 is 1.67 bits per heavy atom. The molecule has 0 heterocycles. The number of carbonyl (C=O) groups excluding carboxylic acids is 1. The number of nitrogens with zero attached hydrogens (tertiary/aromatic N) is 1. The zero-order valence-corrected chi connectivity index (χ0v) is 19.8. The van der Waals surface area contributed by atoms with Gasteiger partial charge in [-0.15, -0.1) is 0 Å². The average molecular weight is 469 g/mol. The molecule has 0 unspecified atom stereocenters. The number of hydrogen-bond acceptors (Lipinski definition) is 5. The van der Waals surface area contributed by atoms with Crippen molar-refractivity contribution >= 4 is 21.6 Å². The van der Waals surface area contributed by atoms with Gasteiger partial charge in [-0.05, 0) is 67.4 Å². The maximum absolute atomic E-state index is 12.9. The van der Waals surface area contributed by atoms with Crippen LogP contribution >= 0.6 is 0 Å². The highest BCUT2D eigenvalue weighted by Crippen LogP contribution is 2.24. The predicted octanol–water partition coefficient (Wildman–Crippen LogP) is 4.23. The molecule has 33 heavy (non-hydrogen) atoms. The topological polar surface area (TPSA) is 84.9 Å². The van der Waals surface area contributed by atoms with Crippen molar-refractivity contribution in [2.75, 3.05) is 25.5 Å². The zero-order chi connectivity index (χ0) is 23.8. The quantitative estimate of drug-likeness (QED) is 0.481. The van der Waals surface area contributed by atoms with Gasteiger partial charge in [0.1, 0.15) is 18.1 Å². The van der Waals surface area contributed by atoms with Crippen molar-refractivity contribution in [3.63, 3.8) is 0 Å². The monoisotopic (exact) mass is 468 g/mol. The summed E-state index contributed by atoms with van der Waals surface area (Å²) in [7, 11) is -2.45. The lowest BCUT2D eigenvalue weighted by atomic mass is 10.2. The molecular formula is C25H28N2O5S. The number of ether oxygens (including phenoxy) is 2. The van der Waals surface area contributed by atoms with Gasteiger partial charge in [-0.25, -0.2) is 8.42 Å². The molecule has 0 radical (unpaired) electrons. The number of hydrogen-bond donors (Lipinski definition) is 1. The Morgan fingerprint density at radius 3 is 2.30 bits per heavy atom. The van der Waals surface area contributed by atoms with Gasteiger partial charge in [0, 0.05) is 12.7 Å². The lowest BCUT2D eigenvalue weighted by molar-refractivity contribution is -0.116. The van der Waals surface area contributed by atoms with Crippen molar-refractivity contribution in [2.24, 2.45) is 0 Å². The average Bonchev–Trinajstić information content (AvgIpc) is 2.80. The molecule has 3 aromatic rings. The Hall–Kier alpha value is -3.36. The number of nitrogens with one attached hydrogen (secondary N) is 1. The van der Waals surface area contributed by atoms with E-state index in [9.17, 15) is 13.2 Å². The van der Waals surface area contributed by atoms with Crippen molar-refractivity contribution in [3.8, 4) is 11.5 Å². The van der Waals surface area contributed by atoms with Crippen molar-refractivity contribution < 1.29 is 22.7 Å². The fourth-order valence-electron chi connectivity index (χ4n) is 3.14. The summed E-state index contributed by atoms with van der Waals surface area (Å²) in [4.78, 5) is 12.5. The maximum Gasteiger partial charge on any atom is 0.243 e. The van der Waals surface area contributed by atoms with Crippen LogP contribution in [-0.4, -0.2) is 38.8 Å². The molecule has 7 nitrogen and oxygen atoms in total. The first-order valence-corrected chi connectivity index (χ1v) is 12.0. The van der Waals surface area contributed by atoms with Crippen molar-refractivity contribution in [3.05, 3.63) is 83.9 Å². The molecule has 3 aromatic carbocycles. The van der Waals surface area contributed by atoms with Crippen LogP contribution in [0, 0.1) is 6.92 Å². The van der Waals surface area contributed by atoms with Crippen LogP contribution in [0.5, 0.6) is 11.5 Å². The number of carbonyl (C=O) groups is 1. The number of benzene rings is 3. The van der Waals surface area contributed by atoms with Gasteiger partial charge < -0.3 is 14.8 Å². The predicted molar refractivity (Wildman–Crippen MR) is 128 cm³/mol. The summed E-state index contributed by atoms with van der Waals surface area (Å²) in [5, 5.41) is 2.71. The molecule has 8 heteroatoms.